The van der Waals surface area contributed by atoms with Crippen LogP contribution in [0.4, 0.5) is 11.8 Å². The zero-order valence-electron chi connectivity index (χ0n) is 9.25. The van der Waals surface area contributed by atoms with E-state index in [2.05, 4.69) is 27.5 Å². The lowest BCUT2D eigenvalue weighted by Crippen LogP contribution is -2.11. The van der Waals surface area contributed by atoms with Crippen LogP contribution in [0.25, 0.3) is 0 Å². The van der Waals surface area contributed by atoms with E-state index in [0.29, 0.717) is 12.5 Å². The number of hydrogen-bond acceptors (Lipinski definition) is 5. The zero-order chi connectivity index (χ0) is 11.1. The van der Waals surface area contributed by atoms with Gasteiger partial charge in [-0.15, -0.1) is 0 Å². The molecule has 15 heavy (non-hydrogen) atoms. The van der Waals surface area contributed by atoms with Gasteiger partial charge >= 0.3 is 0 Å². The van der Waals surface area contributed by atoms with Gasteiger partial charge in [0.25, 0.3) is 0 Å². The third kappa shape index (κ3) is 3.71. The highest BCUT2D eigenvalue weighted by molar-refractivity contribution is 5.46. The molecule has 0 radical (unpaired) electrons. The Morgan fingerprint density at radius 1 is 1.33 bits per heavy atom. The largest absolute Gasteiger partial charge is 0.395 e. The minimum absolute atomic E-state index is 0.0984. The standard InChI is InChI=1S/C10H18N4O/c1-3-4-12-10-13-7-8(2)9(14-10)11-5-6-15/h7,15H,3-6H2,1-2H3,(H2,11,12,13,14). The van der Waals surface area contributed by atoms with Crippen molar-refractivity contribution in [1.29, 1.82) is 0 Å². The molecule has 0 aliphatic rings. The van der Waals surface area contributed by atoms with Crippen molar-refractivity contribution < 1.29 is 5.11 Å². The molecule has 0 saturated carbocycles. The lowest BCUT2D eigenvalue weighted by Gasteiger charge is -2.09. The van der Waals surface area contributed by atoms with E-state index in [-0.39, 0.29) is 6.61 Å². The first-order chi connectivity index (χ1) is 7.27. The number of nitrogens with zero attached hydrogens (tertiary/aromatic N) is 2. The third-order valence-electron chi connectivity index (χ3n) is 1.91. The molecule has 0 fully saturated rings. The summed E-state index contributed by atoms with van der Waals surface area (Å²) in [6.45, 7) is 5.49. The summed E-state index contributed by atoms with van der Waals surface area (Å²) in [5.74, 6) is 1.40. The van der Waals surface area contributed by atoms with Gasteiger partial charge in [-0.1, -0.05) is 6.92 Å². The quantitative estimate of drug-likeness (QED) is 0.653. The van der Waals surface area contributed by atoms with Crippen LogP contribution < -0.4 is 10.6 Å². The van der Waals surface area contributed by atoms with E-state index in [4.69, 9.17) is 5.11 Å². The highest BCUT2D eigenvalue weighted by Crippen LogP contribution is 2.11. The van der Waals surface area contributed by atoms with Gasteiger partial charge in [0.2, 0.25) is 5.95 Å². The molecule has 1 heterocycles. The summed E-state index contributed by atoms with van der Waals surface area (Å²) in [7, 11) is 0. The van der Waals surface area contributed by atoms with E-state index in [1.165, 1.54) is 0 Å². The molecule has 1 aromatic heterocycles. The van der Waals surface area contributed by atoms with Crippen LogP contribution in [0, 0.1) is 6.92 Å². The van der Waals surface area contributed by atoms with Gasteiger partial charge in [0.05, 0.1) is 6.61 Å². The number of aliphatic hydroxyl groups is 1. The molecule has 0 aliphatic carbocycles. The van der Waals surface area contributed by atoms with Crippen molar-refractivity contribution in [2.24, 2.45) is 0 Å². The first-order valence-electron chi connectivity index (χ1n) is 5.20. The van der Waals surface area contributed by atoms with Crippen LogP contribution in [0.1, 0.15) is 18.9 Å². The van der Waals surface area contributed by atoms with Gasteiger partial charge in [0, 0.05) is 24.8 Å². The molecular formula is C10H18N4O. The Balaban J connectivity index is 2.66. The fourth-order valence-electron chi connectivity index (χ4n) is 1.12. The predicted molar refractivity (Wildman–Crippen MR) is 61.1 cm³/mol. The Labute approximate surface area is 90.0 Å². The van der Waals surface area contributed by atoms with E-state index in [1.807, 2.05) is 6.92 Å². The van der Waals surface area contributed by atoms with E-state index in [9.17, 15) is 0 Å². The first kappa shape index (κ1) is 11.7. The zero-order valence-corrected chi connectivity index (χ0v) is 9.25. The van der Waals surface area contributed by atoms with Crippen LogP contribution in [-0.2, 0) is 0 Å². The van der Waals surface area contributed by atoms with E-state index in [1.54, 1.807) is 6.20 Å². The number of aromatic nitrogens is 2. The highest BCUT2D eigenvalue weighted by Gasteiger charge is 2.01. The number of aryl methyl sites for hydroxylation is 1. The number of nitrogens with one attached hydrogen (secondary N) is 2. The van der Waals surface area contributed by atoms with Crippen molar-refractivity contribution in [2.75, 3.05) is 30.3 Å². The summed E-state index contributed by atoms with van der Waals surface area (Å²) in [5.41, 5.74) is 0.977. The third-order valence-corrected chi connectivity index (χ3v) is 1.91. The van der Waals surface area contributed by atoms with E-state index in [0.717, 1.165) is 24.3 Å². The Morgan fingerprint density at radius 2 is 2.13 bits per heavy atom. The van der Waals surface area contributed by atoms with Gasteiger partial charge in [0.1, 0.15) is 5.82 Å². The normalized spacial score (nSPS) is 10.1. The first-order valence-corrected chi connectivity index (χ1v) is 5.20. The maximum atomic E-state index is 8.71. The Morgan fingerprint density at radius 3 is 2.80 bits per heavy atom. The SMILES string of the molecule is CCCNc1ncc(C)c(NCCO)n1. The maximum Gasteiger partial charge on any atom is 0.224 e. The number of anilines is 2. The molecule has 1 rings (SSSR count). The smallest absolute Gasteiger partial charge is 0.224 e. The summed E-state index contributed by atoms with van der Waals surface area (Å²) in [4.78, 5) is 8.46. The fraction of sp³-hybridized carbons (Fsp3) is 0.600. The van der Waals surface area contributed by atoms with E-state index < -0.39 is 0 Å². The van der Waals surface area contributed by atoms with Crippen molar-refractivity contribution in [3.63, 3.8) is 0 Å². The highest BCUT2D eigenvalue weighted by atomic mass is 16.3. The van der Waals surface area contributed by atoms with Crippen molar-refractivity contribution in [3.05, 3.63) is 11.8 Å². The van der Waals surface area contributed by atoms with E-state index >= 15 is 0 Å². The average Bonchev–Trinajstić information content (AvgIpc) is 2.26. The van der Waals surface area contributed by atoms with Gasteiger partial charge < -0.3 is 15.7 Å². The second-order valence-electron chi connectivity index (χ2n) is 3.30. The summed E-state index contributed by atoms with van der Waals surface area (Å²) in [6.07, 6.45) is 2.81. The van der Waals surface area contributed by atoms with Crippen LogP contribution in [0.2, 0.25) is 0 Å². The molecule has 0 amide bonds. The molecule has 0 unspecified atom stereocenters. The number of aliphatic hydroxyl groups excluding tert-OH is 1. The summed E-state index contributed by atoms with van der Waals surface area (Å²) in [5, 5.41) is 14.9. The fourth-order valence-corrected chi connectivity index (χ4v) is 1.12. The van der Waals surface area contributed by atoms with Crippen LogP contribution in [-0.4, -0.2) is 34.8 Å². The average molecular weight is 210 g/mol. The molecule has 5 heteroatoms. The molecule has 0 aromatic carbocycles. The minimum Gasteiger partial charge on any atom is -0.395 e. The van der Waals surface area contributed by atoms with Crippen molar-refractivity contribution in [3.8, 4) is 0 Å². The van der Waals surface area contributed by atoms with Gasteiger partial charge in [0.15, 0.2) is 0 Å². The Kier molecular flexibility index (Phi) is 4.83. The van der Waals surface area contributed by atoms with Crippen molar-refractivity contribution in [2.45, 2.75) is 20.3 Å². The monoisotopic (exact) mass is 210 g/mol. The Hall–Kier alpha value is -1.36. The van der Waals surface area contributed by atoms with Crippen LogP contribution in [0.3, 0.4) is 0 Å². The lowest BCUT2D eigenvalue weighted by atomic mass is 10.3. The summed E-state index contributed by atoms with van der Waals surface area (Å²) in [6, 6.07) is 0. The lowest BCUT2D eigenvalue weighted by molar-refractivity contribution is 0.311. The molecule has 0 aliphatic heterocycles. The number of rotatable bonds is 6. The molecule has 1 aromatic rings. The molecule has 0 spiro atoms. The van der Waals surface area contributed by atoms with Crippen LogP contribution in [0.15, 0.2) is 6.20 Å². The molecule has 0 saturated heterocycles. The Bertz CT molecular complexity index is 303. The maximum absolute atomic E-state index is 8.71. The van der Waals surface area contributed by atoms with Gasteiger partial charge in [-0.2, -0.15) is 4.98 Å². The predicted octanol–water partition coefficient (Wildman–Crippen LogP) is 1.01. The van der Waals surface area contributed by atoms with Gasteiger partial charge in [-0.3, -0.25) is 0 Å². The molecule has 0 bridgehead atoms. The summed E-state index contributed by atoms with van der Waals surface area (Å²) < 4.78 is 0. The van der Waals surface area contributed by atoms with Gasteiger partial charge in [-0.25, -0.2) is 4.98 Å². The molecule has 5 nitrogen and oxygen atoms in total. The molecule has 0 atom stereocenters. The van der Waals surface area contributed by atoms with Gasteiger partial charge in [-0.05, 0) is 13.3 Å². The van der Waals surface area contributed by atoms with Crippen molar-refractivity contribution in [1.82, 2.24) is 9.97 Å². The van der Waals surface area contributed by atoms with Crippen LogP contribution in [0.5, 0.6) is 0 Å². The topological polar surface area (TPSA) is 70.1 Å². The molecule has 84 valence electrons. The number of hydrogen-bond donors (Lipinski definition) is 3. The van der Waals surface area contributed by atoms with Crippen LogP contribution >= 0.6 is 0 Å². The molecule has 3 N–H and O–H groups in total. The van der Waals surface area contributed by atoms with Crippen molar-refractivity contribution >= 4 is 11.8 Å². The summed E-state index contributed by atoms with van der Waals surface area (Å²) >= 11 is 0. The second kappa shape index (κ2) is 6.19. The molecular weight excluding hydrogens is 192 g/mol. The second-order valence-corrected chi connectivity index (χ2v) is 3.30. The minimum atomic E-state index is 0.0984.